The molecule has 2 aromatic carbocycles. The Labute approximate surface area is 189 Å². The normalized spacial score (nSPS) is 10.8. The maximum atomic E-state index is 13.2. The van der Waals surface area contributed by atoms with Crippen LogP contribution in [0.25, 0.3) is 22.3 Å². The molecule has 2 aromatic heterocycles. The van der Waals surface area contributed by atoms with Gasteiger partial charge in [0.2, 0.25) is 0 Å². The Morgan fingerprint density at radius 1 is 1.27 bits per heavy atom. The largest absolute Gasteiger partial charge is 0.491 e. The molecule has 0 aliphatic rings. The Bertz CT molecular complexity index is 1410. The summed E-state index contributed by atoms with van der Waals surface area (Å²) in [6.07, 6.45) is 3.18. The number of benzene rings is 2. The highest BCUT2D eigenvalue weighted by Gasteiger charge is 2.19. The van der Waals surface area contributed by atoms with Crippen molar-refractivity contribution in [3.8, 4) is 23.2 Å². The number of aromatic amines is 1. The number of carbonyl (C=O) groups is 1. The summed E-state index contributed by atoms with van der Waals surface area (Å²) in [5, 5.41) is 16.7. The highest BCUT2D eigenvalue weighted by Crippen LogP contribution is 2.30. The van der Waals surface area contributed by atoms with Gasteiger partial charge in [-0.15, -0.1) is 0 Å². The first-order chi connectivity index (χ1) is 16.0. The predicted molar refractivity (Wildman–Crippen MR) is 123 cm³/mol. The highest BCUT2D eigenvalue weighted by atomic mass is 16.5. The zero-order valence-electron chi connectivity index (χ0n) is 18.3. The first-order valence-electron chi connectivity index (χ1n) is 10.6. The highest BCUT2D eigenvalue weighted by molar-refractivity contribution is 6.08. The van der Waals surface area contributed by atoms with Gasteiger partial charge in [-0.25, -0.2) is 4.79 Å². The van der Waals surface area contributed by atoms with Gasteiger partial charge in [0.25, 0.3) is 5.91 Å². The number of aryl methyl sites for hydroxylation is 1. The summed E-state index contributed by atoms with van der Waals surface area (Å²) in [5.41, 5.74) is 2.36. The lowest BCUT2D eigenvalue weighted by molar-refractivity contribution is 0.102. The van der Waals surface area contributed by atoms with Crippen molar-refractivity contribution in [2.45, 2.75) is 26.2 Å². The maximum Gasteiger partial charge on any atom is 0.439 e. The topological polar surface area (TPSA) is 126 Å². The second-order valence-corrected chi connectivity index (χ2v) is 7.61. The first kappa shape index (κ1) is 21.9. The lowest BCUT2D eigenvalue weighted by Gasteiger charge is -2.12. The average Bonchev–Trinajstić information content (AvgIpc) is 3.40. The molecule has 0 saturated heterocycles. The van der Waals surface area contributed by atoms with Gasteiger partial charge in [0.1, 0.15) is 11.4 Å². The molecule has 0 fully saturated rings. The minimum Gasteiger partial charge on any atom is -0.491 e. The summed E-state index contributed by atoms with van der Waals surface area (Å²) in [5.74, 6) is -0.246. The van der Waals surface area contributed by atoms with E-state index in [1.165, 1.54) is 6.07 Å². The maximum absolute atomic E-state index is 13.2. The van der Waals surface area contributed by atoms with Crippen LogP contribution in [0.1, 0.15) is 42.2 Å². The second kappa shape index (κ2) is 9.44. The third-order valence-corrected chi connectivity index (χ3v) is 5.35. The number of nitriles is 1. The molecule has 168 valence electrons. The van der Waals surface area contributed by atoms with E-state index in [1.807, 2.05) is 31.3 Å². The number of anilines is 1. The van der Waals surface area contributed by atoms with Crippen molar-refractivity contribution < 1.29 is 14.1 Å². The van der Waals surface area contributed by atoms with Crippen molar-refractivity contribution in [2.75, 3.05) is 11.9 Å². The number of fused-ring (bicyclic) bond motifs is 1. The van der Waals surface area contributed by atoms with Crippen LogP contribution in [0.3, 0.4) is 0 Å². The third kappa shape index (κ3) is 4.50. The van der Waals surface area contributed by atoms with Crippen LogP contribution >= 0.6 is 0 Å². The fraction of sp³-hybridized carbons (Fsp3) is 0.250. The number of ether oxygens (including phenoxy) is 1. The van der Waals surface area contributed by atoms with Crippen molar-refractivity contribution in [1.82, 2.24) is 14.7 Å². The quantitative estimate of drug-likeness (QED) is 0.391. The summed E-state index contributed by atoms with van der Waals surface area (Å²) in [7, 11) is 1.81. The molecule has 9 nitrogen and oxygen atoms in total. The number of hydrogen-bond acceptors (Lipinski definition) is 6. The molecule has 2 heterocycles. The molecular weight excluding hydrogens is 422 g/mol. The van der Waals surface area contributed by atoms with E-state index in [-0.39, 0.29) is 11.7 Å². The van der Waals surface area contributed by atoms with Crippen LogP contribution in [0.5, 0.6) is 5.75 Å². The Morgan fingerprint density at radius 3 is 2.85 bits per heavy atom. The fourth-order valence-electron chi connectivity index (χ4n) is 3.70. The Morgan fingerprint density at radius 2 is 2.12 bits per heavy atom. The summed E-state index contributed by atoms with van der Waals surface area (Å²) < 4.78 is 12.4. The van der Waals surface area contributed by atoms with E-state index >= 15 is 0 Å². The fourth-order valence-corrected chi connectivity index (χ4v) is 3.70. The van der Waals surface area contributed by atoms with Gasteiger partial charge in [-0.1, -0.05) is 37.1 Å². The number of rotatable bonds is 8. The van der Waals surface area contributed by atoms with Crippen molar-refractivity contribution in [2.24, 2.45) is 7.05 Å². The summed E-state index contributed by atoms with van der Waals surface area (Å²) >= 11 is 0. The molecule has 0 radical (unpaired) electrons. The van der Waals surface area contributed by atoms with Gasteiger partial charge in [-0.3, -0.25) is 14.3 Å². The van der Waals surface area contributed by atoms with Gasteiger partial charge in [-0.05, 0) is 36.8 Å². The minimum absolute atomic E-state index is 0.118. The predicted octanol–water partition coefficient (Wildman–Crippen LogP) is 4.21. The molecule has 0 spiro atoms. The number of amides is 1. The van der Waals surface area contributed by atoms with Crippen molar-refractivity contribution in [3.63, 3.8) is 0 Å². The van der Waals surface area contributed by atoms with Gasteiger partial charge in [0.05, 0.1) is 29.4 Å². The van der Waals surface area contributed by atoms with Crippen LogP contribution < -0.4 is 15.8 Å². The van der Waals surface area contributed by atoms with Crippen LogP contribution in [0.4, 0.5) is 5.69 Å². The lowest BCUT2D eigenvalue weighted by Crippen LogP contribution is -2.16. The van der Waals surface area contributed by atoms with Crippen molar-refractivity contribution in [1.29, 1.82) is 5.26 Å². The number of H-pyrrole nitrogens is 1. The average molecular weight is 445 g/mol. The van der Waals surface area contributed by atoms with Crippen LogP contribution in [0.15, 0.2) is 51.8 Å². The number of carbonyl (C=O) groups excluding carboxylic acids is 1. The third-order valence-electron chi connectivity index (χ3n) is 5.35. The van der Waals surface area contributed by atoms with Crippen LogP contribution in [-0.4, -0.2) is 27.2 Å². The summed E-state index contributed by atoms with van der Waals surface area (Å²) in [6.45, 7) is 2.76. The Balaban J connectivity index is 1.66. The number of nitrogens with one attached hydrogen (secondary N) is 2. The number of aromatic nitrogens is 3. The minimum atomic E-state index is -0.732. The van der Waals surface area contributed by atoms with E-state index in [4.69, 9.17) is 4.74 Å². The Hall–Kier alpha value is -4.32. The molecule has 9 heteroatoms. The van der Waals surface area contributed by atoms with Crippen LogP contribution in [-0.2, 0) is 7.05 Å². The molecule has 0 aliphatic carbocycles. The van der Waals surface area contributed by atoms with Crippen molar-refractivity contribution in [3.05, 3.63) is 64.3 Å². The van der Waals surface area contributed by atoms with Gasteiger partial charge < -0.3 is 14.6 Å². The van der Waals surface area contributed by atoms with Gasteiger partial charge in [-0.2, -0.15) is 5.26 Å². The molecule has 0 unspecified atom stereocenters. The summed E-state index contributed by atoms with van der Waals surface area (Å²) in [6, 6.07) is 14.2. The molecular formula is C24H23N5O4. The molecule has 0 saturated carbocycles. The van der Waals surface area contributed by atoms with Gasteiger partial charge in [0, 0.05) is 18.0 Å². The second-order valence-electron chi connectivity index (χ2n) is 7.61. The number of para-hydroxylation sites is 1. The molecule has 4 aromatic rings. The van der Waals surface area contributed by atoms with E-state index in [1.54, 1.807) is 22.8 Å². The van der Waals surface area contributed by atoms with E-state index < -0.39 is 5.76 Å². The standard InChI is InChI=1S/C24H23N5O4/c1-3-4-5-11-32-20-8-6-7-16-13-19(29(2)21(16)20)23(30)26-18-10-9-15(14-25)12-17(18)22-27-24(31)33-28-22/h6-10,12-13H,3-5,11H2,1-2H3,(H,26,30)(H,27,28,31). The van der Waals surface area contributed by atoms with E-state index in [0.717, 1.165) is 35.9 Å². The van der Waals surface area contributed by atoms with Gasteiger partial charge in [0.15, 0.2) is 5.82 Å². The zero-order valence-corrected chi connectivity index (χ0v) is 18.3. The van der Waals surface area contributed by atoms with Crippen LogP contribution in [0, 0.1) is 11.3 Å². The van der Waals surface area contributed by atoms with Gasteiger partial charge >= 0.3 is 5.76 Å². The number of unbranched alkanes of at least 4 members (excludes halogenated alkanes) is 2. The lowest BCUT2D eigenvalue weighted by atomic mass is 10.1. The SMILES string of the molecule is CCCCCOc1cccc2cc(C(=O)Nc3ccc(C#N)cc3-c3noc(=O)[nH]3)n(C)c12. The number of hydrogen-bond donors (Lipinski definition) is 2. The zero-order chi connectivity index (χ0) is 23.4. The smallest absolute Gasteiger partial charge is 0.439 e. The monoisotopic (exact) mass is 445 g/mol. The molecule has 4 rings (SSSR count). The number of nitrogens with zero attached hydrogens (tertiary/aromatic N) is 3. The van der Waals surface area contributed by atoms with E-state index in [2.05, 4.69) is 26.9 Å². The van der Waals surface area contributed by atoms with Crippen LogP contribution in [0.2, 0.25) is 0 Å². The molecule has 33 heavy (non-hydrogen) atoms. The molecule has 0 bridgehead atoms. The van der Waals surface area contributed by atoms with E-state index in [9.17, 15) is 14.9 Å². The Kier molecular flexibility index (Phi) is 6.26. The van der Waals surface area contributed by atoms with E-state index in [0.29, 0.717) is 29.1 Å². The molecule has 0 aliphatic heterocycles. The first-order valence-corrected chi connectivity index (χ1v) is 10.6. The molecule has 1 amide bonds. The van der Waals surface area contributed by atoms with Crippen molar-refractivity contribution >= 4 is 22.5 Å². The molecule has 0 atom stereocenters. The molecule has 2 N–H and O–H groups in total. The summed E-state index contributed by atoms with van der Waals surface area (Å²) in [4.78, 5) is 27.1.